The Morgan fingerprint density at radius 2 is 1.04 bits per heavy atom. The molecule has 0 saturated heterocycles. The monoisotopic (exact) mass is 602 g/mol. The molecule has 6 aromatic carbocycles. The van der Waals surface area contributed by atoms with Crippen LogP contribution in [0.3, 0.4) is 0 Å². The maximum absolute atomic E-state index is 5.48. The molecule has 3 heterocycles. The Balaban J connectivity index is 1.38. The van der Waals surface area contributed by atoms with Crippen molar-refractivity contribution in [3.63, 3.8) is 0 Å². The van der Waals surface area contributed by atoms with Gasteiger partial charge in [-0.05, 0) is 42.0 Å². The average Bonchev–Trinajstić information content (AvgIpc) is 3.71. The summed E-state index contributed by atoms with van der Waals surface area (Å²) in [5, 5.41) is 4.86. The fraction of sp³-hybridized carbons (Fsp3) is 0.0698. The van der Waals surface area contributed by atoms with E-state index in [4.69, 9.17) is 9.97 Å². The SMILES string of the molecule is CC1(C)c2ccccc2-c2nc(-c3ccccc3)nc(-n3c4ccccc4c4cc5c(cc43)c3ccccc3n5-c3ccccc3)c21. The van der Waals surface area contributed by atoms with Crippen LogP contribution in [0.25, 0.3) is 77.8 Å². The molecule has 47 heavy (non-hydrogen) atoms. The summed E-state index contributed by atoms with van der Waals surface area (Å²) in [5.74, 6) is 1.67. The molecule has 0 atom stereocenters. The van der Waals surface area contributed by atoms with E-state index in [1.165, 1.54) is 43.7 Å². The first kappa shape index (κ1) is 26.2. The Kier molecular flexibility index (Phi) is 5.31. The van der Waals surface area contributed by atoms with Crippen LogP contribution in [0.4, 0.5) is 0 Å². The normalized spacial score (nSPS) is 13.5. The standard InChI is InChI=1S/C43H30N4/c1-43(2)34-22-12-9-21-31(34)40-39(43)42(45-41(44-40)27-15-5-3-6-16-27)47-36-24-14-11-20-30(36)33-25-37-32(26-38(33)47)29-19-10-13-23-35(29)46(37)28-17-7-4-8-18-28/h3-26H,1-2H3. The highest BCUT2D eigenvalue weighted by Gasteiger charge is 2.40. The molecule has 3 aromatic heterocycles. The molecule has 222 valence electrons. The molecule has 9 aromatic rings. The van der Waals surface area contributed by atoms with Gasteiger partial charge >= 0.3 is 0 Å². The van der Waals surface area contributed by atoms with Gasteiger partial charge in [-0.15, -0.1) is 0 Å². The maximum atomic E-state index is 5.48. The van der Waals surface area contributed by atoms with Gasteiger partial charge in [0.15, 0.2) is 5.82 Å². The Morgan fingerprint density at radius 3 is 1.74 bits per heavy atom. The molecule has 0 spiro atoms. The van der Waals surface area contributed by atoms with E-state index in [1.54, 1.807) is 0 Å². The largest absolute Gasteiger partial charge is 0.309 e. The lowest BCUT2D eigenvalue weighted by molar-refractivity contribution is 0.650. The predicted molar refractivity (Wildman–Crippen MR) is 194 cm³/mol. The summed E-state index contributed by atoms with van der Waals surface area (Å²) in [4.78, 5) is 10.8. The first-order valence-electron chi connectivity index (χ1n) is 16.2. The van der Waals surface area contributed by atoms with Crippen LogP contribution in [0.2, 0.25) is 0 Å². The number of aromatic nitrogens is 4. The van der Waals surface area contributed by atoms with Gasteiger partial charge in [-0.25, -0.2) is 9.97 Å². The summed E-state index contributed by atoms with van der Waals surface area (Å²) in [5.41, 5.74) is 11.2. The number of rotatable bonds is 3. The fourth-order valence-electron chi connectivity index (χ4n) is 7.98. The number of fused-ring (bicyclic) bond motifs is 9. The second-order valence-corrected chi connectivity index (χ2v) is 13.1. The van der Waals surface area contributed by atoms with Crippen molar-refractivity contribution in [2.45, 2.75) is 19.3 Å². The molecule has 0 radical (unpaired) electrons. The highest BCUT2D eigenvalue weighted by atomic mass is 15.1. The number of para-hydroxylation sites is 3. The van der Waals surface area contributed by atoms with Gasteiger partial charge in [-0.1, -0.05) is 123 Å². The summed E-state index contributed by atoms with van der Waals surface area (Å²) < 4.78 is 4.80. The van der Waals surface area contributed by atoms with Crippen LogP contribution in [0.15, 0.2) is 146 Å². The molecule has 4 heteroatoms. The average molecular weight is 603 g/mol. The first-order valence-corrected chi connectivity index (χ1v) is 16.2. The van der Waals surface area contributed by atoms with Crippen LogP contribution in [0.1, 0.15) is 25.0 Å². The van der Waals surface area contributed by atoms with E-state index >= 15 is 0 Å². The van der Waals surface area contributed by atoms with Gasteiger partial charge < -0.3 is 4.57 Å². The molecular formula is C43H30N4. The molecule has 0 bridgehead atoms. The molecule has 0 fully saturated rings. The van der Waals surface area contributed by atoms with Crippen molar-refractivity contribution in [3.05, 3.63) is 157 Å². The molecule has 0 N–H and O–H groups in total. The summed E-state index contributed by atoms with van der Waals surface area (Å²) in [6, 6.07) is 52.0. The van der Waals surface area contributed by atoms with E-state index in [1.807, 2.05) is 6.07 Å². The van der Waals surface area contributed by atoms with Gasteiger partial charge in [0.25, 0.3) is 0 Å². The van der Waals surface area contributed by atoms with E-state index in [0.29, 0.717) is 0 Å². The zero-order chi connectivity index (χ0) is 31.3. The van der Waals surface area contributed by atoms with Gasteiger partial charge in [-0.2, -0.15) is 0 Å². The minimum Gasteiger partial charge on any atom is -0.309 e. The third-order valence-electron chi connectivity index (χ3n) is 10.1. The van der Waals surface area contributed by atoms with Gasteiger partial charge in [0.1, 0.15) is 5.82 Å². The lowest BCUT2D eigenvalue weighted by Crippen LogP contribution is -2.19. The van der Waals surface area contributed by atoms with E-state index in [9.17, 15) is 0 Å². The van der Waals surface area contributed by atoms with Crippen LogP contribution in [-0.2, 0) is 5.41 Å². The van der Waals surface area contributed by atoms with Crippen molar-refractivity contribution in [2.75, 3.05) is 0 Å². The third kappa shape index (κ3) is 3.58. The van der Waals surface area contributed by atoms with Crippen LogP contribution in [0.5, 0.6) is 0 Å². The van der Waals surface area contributed by atoms with Crippen molar-refractivity contribution in [3.8, 4) is 34.2 Å². The molecule has 4 nitrogen and oxygen atoms in total. The molecule has 0 amide bonds. The van der Waals surface area contributed by atoms with E-state index < -0.39 is 0 Å². The zero-order valence-electron chi connectivity index (χ0n) is 26.1. The van der Waals surface area contributed by atoms with Crippen molar-refractivity contribution in [2.24, 2.45) is 0 Å². The molecule has 0 unspecified atom stereocenters. The summed E-state index contributed by atoms with van der Waals surface area (Å²) in [6.45, 7) is 4.62. The number of hydrogen-bond acceptors (Lipinski definition) is 2. The van der Waals surface area contributed by atoms with Gasteiger partial charge in [0.05, 0.1) is 27.8 Å². The third-order valence-corrected chi connectivity index (χ3v) is 10.1. The Hall–Kier alpha value is -6.00. The minimum absolute atomic E-state index is 0.290. The minimum atomic E-state index is -0.290. The lowest BCUT2D eigenvalue weighted by atomic mass is 9.82. The van der Waals surface area contributed by atoms with Crippen molar-refractivity contribution in [1.29, 1.82) is 0 Å². The van der Waals surface area contributed by atoms with Crippen LogP contribution in [0, 0.1) is 0 Å². The van der Waals surface area contributed by atoms with Crippen LogP contribution >= 0.6 is 0 Å². The van der Waals surface area contributed by atoms with Gasteiger partial charge in [0.2, 0.25) is 0 Å². The molecule has 0 saturated carbocycles. The fourth-order valence-corrected chi connectivity index (χ4v) is 7.98. The van der Waals surface area contributed by atoms with Crippen molar-refractivity contribution >= 4 is 43.6 Å². The number of benzene rings is 6. The van der Waals surface area contributed by atoms with Crippen molar-refractivity contribution in [1.82, 2.24) is 19.1 Å². The Morgan fingerprint density at radius 1 is 0.489 bits per heavy atom. The van der Waals surface area contributed by atoms with Gasteiger partial charge in [-0.3, -0.25) is 4.57 Å². The van der Waals surface area contributed by atoms with E-state index in [-0.39, 0.29) is 5.41 Å². The highest BCUT2D eigenvalue weighted by Crippen LogP contribution is 2.51. The number of nitrogens with zero attached hydrogens (tertiary/aromatic N) is 4. The summed E-state index contributed by atoms with van der Waals surface area (Å²) >= 11 is 0. The molecule has 1 aliphatic carbocycles. The Labute approximate surface area is 272 Å². The molecular weight excluding hydrogens is 573 g/mol. The van der Waals surface area contributed by atoms with E-state index in [0.717, 1.165) is 45.2 Å². The van der Waals surface area contributed by atoms with Crippen molar-refractivity contribution < 1.29 is 0 Å². The van der Waals surface area contributed by atoms with Crippen LogP contribution < -0.4 is 0 Å². The second kappa shape index (κ2) is 9.51. The molecule has 1 aliphatic rings. The quantitative estimate of drug-likeness (QED) is 0.202. The van der Waals surface area contributed by atoms with E-state index in [2.05, 4.69) is 163 Å². The first-order chi connectivity index (χ1) is 23.1. The highest BCUT2D eigenvalue weighted by molar-refractivity contribution is 6.19. The summed E-state index contributed by atoms with van der Waals surface area (Å²) in [6.07, 6.45) is 0. The number of hydrogen-bond donors (Lipinski definition) is 0. The topological polar surface area (TPSA) is 35.6 Å². The zero-order valence-corrected chi connectivity index (χ0v) is 26.1. The maximum Gasteiger partial charge on any atom is 0.162 e. The predicted octanol–water partition coefficient (Wildman–Crippen LogP) is 10.6. The Bertz CT molecular complexity index is 2700. The second-order valence-electron chi connectivity index (χ2n) is 13.1. The summed E-state index contributed by atoms with van der Waals surface area (Å²) in [7, 11) is 0. The molecule has 0 aliphatic heterocycles. The molecule has 10 rings (SSSR count). The smallest absolute Gasteiger partial charge is 0.162 e. The van der Waals surface area contributed by atoms with Crippen LogP contribution in [-0.4, -0.2) is 19.1 Å². The van der Waals surface area contributed by atoms with Gasteiger partial charge in [0, 0.05) is 49.3 Å². The lowest BCUT2D eigenvalue weighted by Gasteiger charge is -2.24.